The summed E-state index contributed by atoms with van der Waals surface area (Å²) in [5.74, 6) is 0.291. The highest BCUT2D eigenvalue weighted by Crippen LogP contribution is 2.17. The van der Waals surface area contributed by atoms with Gasteiger partial charge >= 0.3 is 0 Å². The molecule has 4 heteroatoms. The van der Waals surface area contributed by atoms with E-state index in [0.717, 1.165) is 45.3 Å². The summed E-state index contributed by atoms with van der Waals surface area (Å²) in [5.41, 5.74) is 0. The van der Waals surface area contributed by atoms with Gasteiger partial charge in [0, 0.05) is 19.1 Å². The molecule has 0 spiro atoms. The van der Waals surface area contributed by atoms with Crippen molar-refractivity contribution in [2.45, 2.75) is 52.5 Å². The van der Waals surface area contributed by atoms with E-state index in [-0.39, 0.29) is 17.9 Å². The van der Waals surface area contributed by atoms with Gasteiger partial charge in [0.1, 0.15) is 0 Å². The number of carbonyl (C=O) groups is 1. The average Bonchev–Trinajstić information content (AvgIpc) is 2.87. The molecule has 0 aromatic heterocycles. The van der Waals surface area contributed by atoms with E-state index in [1.54, 1.807) is 0 Å². The number of rotatable bonds is 9. The molecule has 4 nitrogen and oxygen atoms in total. The quantitative estimate of drug-likeness (QED) is 0.697. The first kappa shape index (κ1) is 16.4. The second-order valence-electron chi connectivity index (χ2n) is 5.34. The number of ether oxygens (including phenoxy) is 1. The van der Waals surface area contributed by atoms with Crippen molar-refractivity contribution in [2.24, 2.45) is 5.92 Å². The first-order valence-corrected chi connectivity index (χ1v) is 7.84. The Bertz CT molecular complexity index is 251. The molecule has 1 rings (SSSR count). The van der Waals surface area contributed by atoms with Gasteiger partial charge in [-0.2, -0.15) is 0 Å². The lowest BCUT2D eigenvalue weighted by Crippen LogP contribution is -2.46. The maximum Gasteiger partial charge on any atom is 0.229 e. The highest BCUT2D eigenvalue weighted by Gasteiger charge is 2.35. The molecule has 1 fully saturated rings. The first-order chi connectivity index (χ1) is 9.24. The van der Waals surface area contributed by atoms with Gasteiger partial charge in [0.15, 0.2) is 0 Å². The Morgan fingerprint density at radius 3 is 2.32 bits per heavy atom. The van der Waals surface area contributed by atoms with Gasteiger partial charge in [-0.3, -0.25) is 4.79 Å². The number of hydrogen-bond donors (Lipinski definition) is 1. The molecule has 1 N–H and O–H groups in total. The van der Waals surface area contributed by atoms with Crippen LogP contribution >= 0.6 is 0 Å². The summed E-state index contributed by atoms with van der Waals surface area (Å²) < 4.78 is 5.49. The van der Waals surface area contributed by atoms with Gasteiger partial charge < -0.3 is 15.0 Å². The van der Waals surface area contributed by atoms with Crippen molar-refractivity contribution in [3.63, 3.8) is 0 Å². The van der Waals surface area contributed by atoms with Crippen LogP contribution in [0.2, 0.25) is 0 Å². The predicted octanol–water partition coefficient (Wildman–Crippen LogP) is 2.04. The third-order valence-corrected chi connectivity index (χ3v) is 3.74. The number of unbranched alkanes of at least 4 members (excludes halogenated alkanes) is 2. The smallest absolute Gasteiger partial charge is 0.229 e. The average molecular weight is 270 g/mol. The lowest BCUT2D eigenvalue weighted by atomic mass is 10.0. The van der Waals surface area contributed by atoms with Crippen molar-refractivity contribution in [2.75, 3.05) is 32.8 Å². The Balaban J connectivity index is 2.57. The molecule has 1 heterocycles. The van der Waals surface area contributed by atoms with E-state index in [1.165, 1.54) is 0 Å². The molecule has 1 amide bonds. The van der Waals surface area contributed by atoms with Gasteiger partial charge in [-0.25, -0.2) is 0 Å². The summed E-state index contributed by atoms with van der Waals surface area (Å²) in [7, 11) is 0. The third kappa shape index (κ3) is 5.11. The van der Waals surface area contributed by atoms with Crippen LogP contribution in [0.15, 0.2) is 0 Å². The highest BCUT2D eigenvalue weighted by atomic mass is 16.5. The van der Waals surface area contributed by atoms with Gasteiger partial charge in [-0.05, 0) is 19.4 Å². The van der Waals surface area contributed by atoms with Crippen LogP contribution in [0.5, 0.6) is 0 Å². The second kappa shape index (κ2) is 9.32. The molecular weight excluding hydrogens is 240 g/mol. The van der Waals surface area contributed by atoms with Gasteiger partial charge in [0.25, 0.3) is 0 Å². The van der Waals surface area contributed by atoms with E-state index in [9.17, 15) is 4.79 Å². The summed E-state index contributed by atoms with van der Waals surface area (Å²) in [6.45, 7) is 10.3. The van der Waals surface area contributed by atoms with Crippen LogP contribution in [0.1, 0.15) is 46.5 Å². The van der Waals surface area contributed by atoms with E-state index >= 15 is 0 Å². The fourth-order valence-corrected chi connectivity index (χ4v) is 2.53. The SMILES string of the molecule is CCCCN(CCCC)C(=O)C1COCC1NCC. The van der Waals surface area contributed by atoms with Gasteiger partial charge in [0.2, 0.25) is 5.91 Å². The lowest BCUT2D eigenvalue weighted by Gasteiger charge is -2.27. The van der Waals surface area contributed by atoms with E-state index in [1.807, 2.05) is 0 Å². The number of hydrogen-bond acceptors (Lipinski definition) is 3. The third-order valence-electron chi connectivity index (χ3n) is 3.74. The van der Waals surface area contributed by atoms with E-state index in [2.05, 4.69) is 31.0 Å². The van der Waals surface area contributed by atoms with E-state index in [0.29, 0.717) is 13.2 Å². The van der Waals surface area contributed by atoms with Crippen molar-refractivity contribution < 1.29 is 9.53 Å². The zero-order chi connectivity index (χ0) is 14.1. The van der Waals surface area contributed by atoms with Crippen LogP contribution in [0.3, 0.4) is 0 Å². The van der Waals surface area contributed by atoms with Crippen molar-refractivity contribution in [3.8, 4) is 0 Å². The van der Waals surface area contributed by atoms with Crippen LogP contribution in [-0.4, -0.2) is 49.7 Å². The summed E-state index contributed by atoms with van der Waals surface area (Å²) >= 11 is 0. The molecule has 1 saturated heterocycles. The maximum absolute atomic E-state index is 12.6. The standard InChI is InChI=1S/C15H30N2O2/c1-4-7-9-17(10-8-5-2)15(18)13-11-19-12-14(13)16-6-3/h13-14,16H,4-12H2,1-3H3. The molecule has 1 aliphatic rings. The van der Waals surface area contributed by atoms with Crippen molar-refractivity contribution >= 4 is 5.91 Å². The minimum Gasteiger partial charge on any atom is -0.379 e. The van der Waals surface area contributed by atoms with Gasteiger partial charge in [-0.1, -0.05) is 33.6 Å². The fraction of sp³-hybridized carbons (Fsp3) is 0.933. The number of nitrogens with one attached hydrogen (secondary N) is 1. The number of carbonyl (C=O) groups excluding carboxylic acids is 1. The van der Waals surface area contributed by atoms with Crippen molar-refractivity contribution in [1.29, 1.82) is 0 Å². The Morgan fingerprint density at radius 2 is 1.79 bits per heavy atom. The molecule has 112 valence electrons. The van der Waals surface area contributed by atoms with Crippen LogP contribution in [0.4, 0.5) is 0 Å². The zero-order valence-electron chi connectivity index (χ0n) is 12.8. The molecule has 0 aliphatic carbocycles. The minimum atomic E-state index is 0.00802. The largest absolute Gasteiger partial charge is 0.379 e. The lowest BCUT2D eigenvalue weighted by molar-refractivity contribution is -0.136. The number of amides is 1. The van der Waals surface area contributed by atoms with Crippen LogP contribution in [0, 0.1) is 5.92 Å². The molecule has 0 radical (unpaired) electrons. The summed E-state index contributed by atoms with van der Waals surface area (Å²) in [5, 5.41) is 3.37. The van der Waals surface area contributed by atoms with Crippen molar-refractivity contribution in [3.05, 3.63) is 0 Å². The Labute approximate surface area is 117 Å². The van der Waals surface area contributed by atoms with E-state index < -0.39 is 0 Å². The van der Waals surface area contributed by atoms with Crippen LogP contribution in [-0.2, 0) is 9.53 Å². The maximum atomic E-state index is 12.6. The molecule has 0 bridgehead atoms. The topological polar surface area (TPSA) is 41.6 Å². The van der Waals surface area contributed by atoms with Gasteiger partial charge in [0.05, 0.1) is 19.1 Å². The Kier molecular flexibility index (Phi) is 8.07. The van der Waals surface area contributed by atoms with Crippen molar-refractivity contribution in [1.82, 2.24) is 10.2 Å². The molecule has 19 heavy (non-hydrogen) atoms. The highest BCUT2D eigenvalue weighted by molar-refractivity contribution is 5.80. The summed E-state index contributed by atoms with van der Waals surface area (Å²) in [6, 6.07) is 0.197. The van der Waals surface area contributed by atoms with Crippen LogP contribution in [0.25, 0.3) is 0 Å². The molecule has 0 saturated carbocycles. The van der Waals surface area contributed by atoms with Crippen LogP contribution < -0.4 is 5.32 Å². The fourth-order valence-electron chi connectivity index (χ4n) is 2.53. The molecule has 0 aromatic rings. The number of nitrogens with zero attached hydrogens (tertiary/aromatic N) is 1. The Hall–Kier alpha value is -0.610. The second-order valence-corrected chi connectivity index (χ2v) is 5.34. The summed E-state index contributed by atoms with van der Waals surface area (Å²) in [4.78, 5) is 14.7. The zero-order valence-corrected chi connectivity index (χ0v) is 12.8. The predicted molar refractivity (Wildman–Crippen MR) is 78.2 cm³/mol. The Morgan fingerprint density at radius 1 is 1.16 bits per heavy atom. The minimum absolute atomic E-state index is 0.00802. The normalized spacial score (nSPS) is 22.7. The van der Waals surface area contributed by atoms with Gasteiger partial charge in [-0.15, -0.1) is 0 Å². The monoisotopic (exact) mass is 270 g/mol. The summed E-state index contributed by atoms with van der Waals surface area (Å²) in [6.07, 6.45) is 4.45. The molecule has 1 aliphatic heterocycles. The number of likely N-dealkylation sites (N-methyl/N-ethyl adjacent to an activating group) is 1. The molecule has 2 unspecified atom stereocenters. The molecule has 0 aromatic carbocycles. The first-order valence-electron chi connectivity index (χ1n) is 7.84. The molecule has 2 atom stereocenters. The van der Waals surface area contributed by atoms with E-state index in [4.69, 9.17) is 4.74 Å². The molecular formula is C15H30N2O2.